The van der Waals surface area contributed by atoms with Gasteiger partial charge in [-0.1, -0.05) is 66.2 Å². The van der Waals surface area contributed by atoms with Crippen molar-refractivity contribution in [3.63, 3.8) is 0 Å². The maximum Gasteiger partial charge on any atom is 0.263 e. The van der Waals surface area contributed by atoms with E-state index in [9.17, 15) is 28.6 Å². The Morgan fingerprint density at radius 1 is 1.20 bits per heavy atom. The number of aliphatic hydroxyl groups is 1. The van der Waals surface area contributed by atoms with Gasteiger partial charge in [-0.15, -0.1) is 0 Å². The van der Waals surface area contributed by atoms with E-state index in [1.165, 1.54) is 25.3 Å². The third-order valence-electron chi connectivity index (χ3n) is 6.70. The van der Waals surface area contributed by atoms with Crippen LogP contribution < -0.4 is 14.6 Å². The topological polar surface area (TPSA) is 109 Å². The molecule has 0 unspecified atom stereocenters. The summed E-state index contributed by atoms with van der Waals surface area (Å²) >= 11 is 6.10. The number of hydrogen-bond donors (Lipinski definition) is 1. The van der Waals surface area contributed by atoms with Crippen LogP contribution in [0.25, 0.3) is 0 Å². The molecule has 1 fully saturated rings. The number of carbonyl (C=O) groups excluding carboxylic acids is 2. The Balaban J connectivity index is 1.88. The fourth-order valence-corrected chi connectivity index (χ4v) is 5.50. The second-order valence-electron chi connectivity index (χ2n) is 8.35. The monoisotopic (exact) mass is 500 g/mol. The van der Waals surface area contributed by atoms with Crippen LogP contribution in [0.4, 0.5) is 8.78 Å². The fourth-order valence-electron chi connectivity index (χ4n) is 5.33. The summed E-state index contributed by atoms with van der Waals surface area (Å²) in [5, 5.41) is 24.5. The van der Waals surface area contributed by atoms with Gasteiger partial charge in [-0.2, -0.15) is 0 Å². The first-order chi connectivity index (χ1) is 16.7. The van der Waals surface area contributed by atoms with Gasteiger partial charge in [0.25, 0.3) is 6.43 Å². The molecule has 5 rings (SSSR count). The summed E-state index contributed by atoms with van der Waals surface area (Å²) in [5.41, 5.74) is -4.75. The lowest BCUT2D eigenvalue weighted by molar-refractivity contribution is -0.310. The van der Waals surface area contributed by atoms with E-state index in [-0.39, 0.29) is 33.5 Å². The molecule has 0 spiro atoms. The predicted octanol–water partition coefficient (Wildman–Crippen LogP) is 2.89. The minimum Gasteiger partial charge on any atom is -0.549 e. The highest BCUT2D eigenvalue weighted by Crippen LogP contribution is 2.68. The number of aliphatic carboxylic acids is 1. The van der Waals surface area contributed by atoms with Gasteiger partial charge in [0, 0.05) is 17.5 Å². The van der Waals surface area contributed by atoms with Crippen LogP contribution in [0.3, 0.4) is 0 Å². The van der Waals surface area contributed by atoms with Crippen LogP contribution in [0.5, 0.6) is 11.6 Å². The summed E-state index contributed by atoms with van der Waals surface area (Å²) in [7, 11) is 1.24. The van der Waals surface area contributed by atoms with Crippen LogP contribution >= 0.6 is 11.6 Å². The number of halogens is 3. The number of aromatic nitrogens is 1. The molecule has 0 radical (unpaired) electrons. The van der Waals surface area contributed by atoms with Crippen molar-refractivity contribution in [2.24, 2.45) is 5.92 Å². The lowest BCUT2D eigenvalue weighted by Crippen LogP contribution is -2.50. The lowest BCUT2D eigenvalue weighted by atomic mass is 9.71. The van der Waals surface area contributed by atoms with Crippen molar-refractivity contribution >= 4 is 23.4 Å². The highest BCUT2D eigenvalue weighted by Gasteiger charge is 2.77. The van der Waals surface area contributed by atoms with Gasteiger partial charge in [-0.25, -0.2) is 13.8 Å². The van der Waals surface area contributed by atoms with Crippen LogP contribution in [0.15, 0.2) is 60.7 Å². The Morgan fingerprint density at radius 3 is 2.43 bits per heavy atom. The van der Waals surface area contributed by atoms with Crippen molar-refractivity contribution in [2.45, 2.75) is 23.5 Å². The van der Waals surface area contributed by atoms with Gasteiger partial charge < -0.3 is 24.5 Å². The van der Waals surface area contributed by atoms with Crippen molar-refractivity contribution in [3.05, 3.63) is 88.1 Å². The molecular weight excluding hydrogens is 484 g/mol. The standard InChI is InChI=1S/C25H18ClF2NO6/c1-34-22-19-15(11-16(26)29-22)35-25(14-9-7-13(8-10-14)21(27)28)18(12-5-3-2-4-6-12)17(23(31)32)20(30)24(19,25)33/h2-11,17-18,21,33H,1H3,(H,31,32)/p-1/t17-,18-,24+,25+/m1/s1. The number of benzene rings is 2. The first kappa shape index (κ1) is 23.2. The number of alkyl halides is 2. The van der Waals surface area contributed by atoms with Crippen LogP contribution in [0.1, 0.15) is 34.6 Å². The molecule has 1 aromatic heterocycles. The number of nitrogens with zero attached hydrogens (tertiary/aromatic N) is 1. The van der Waals surface area contributed by atoms with Crippen LogP contribution in [-0.2, 0) is 20.8 Å². The number of carboxylic acid groups (broad SMARTS) is 1. The fraction of sp³-hybridized carbons (Fsp3) is 0.240. The average molecular weight is 501 g/mol. The molecule has 180 valence electrons. The van der Waals surface area contributed by atoms with Crippen molar-refractivity contribution in [2.75, 3.05) is 7.11 Å². The predicted molar refractivity (Wildman–Crippen MR) is 116 cm³/mol. The molecule has 1 N–H and O–H groups in total. The first-order valence-corrected chi connectivity index (χ1v) is 10.9. The highest BCUT2D eigenvalue weighted by atomic mass is 35.5. The summed E-state index contributed by atoms with van der Waals surface area (Å²) in [6.07, 6.45) is -2.77. The Morgan fingerprint density at radius 2 is 1.86 bits per heavy atom. The summed E-state index contributed by atoms with van der Waals surface area (Å²) in [6, 6.07) is 14.2. The zero-order chi connectivity index (χ0) is 25.1. The molecule has 2 aromatic carbocycles. The number of rotatable bonds is 5. The molecule has 1 saturated carbocycles. The van der Waals surface area contributed by atoms with E-state index in [1.807, 2.05) is 0 Å². The molecule has 0 bridgehead atoms. The van der Waals surface area contributed by atoms with Crippen LogP contribution in [0, 0.1) is 5.92 Å². The van der Waals surface area contributed by atoms with Gasteiger partial charge in [-0.05, 0) is 11.1 Å². The van der Waals surface area contributed by atoms with Crippen LogP contribution in [-0.4, -0.2) is 29.0 Å². The van der Waals surface area contributed by atoms with Crippen LogP contribution in [0.2, 0.25) is 5.15 Å². The van der Waals surface area contributed by atoms with E-state index in [2.05, 4.69) is 4.98 Å². The molecule has 0 amide bonds. The van der Waals surface area contributed by atoms with Gasteiger partial charge in [0.05, 0.1) is 24.6 Å². The third kappa shape index (κ3) is 3.01. The average Bonchev–Trinajstić information content (AvgIpc) is 3.22. The highest BCUT2D eigenvalue weighted by molar-refractivity contribution is 6.29. The van der Waals surface area contributed by atoms with E-state index in [0.717, 1.165) is 12.1 Å². The number of Topliss-reactive ketones (excluding diaryl/α,β-unsaturated/α-hetero) is 1. The van der Waals surface area contributed by atoms with Gasteiger partial charge in [0.15, 0.2) is 11.4 Å². The van der Waals surface area contributed by atoms with E-state index < -0.39 is 41.2 Å². The molecule has 2 aliphatic rings. The van der Waals surface area contributed by atoms with Crippen molar-refractivity contribution < 1.29 is 38.1 Å². The summed E-state index contributed by atoms with van der Waals surface area (Å²) in [6.45, 7) is 0. The molecule has 4 atom stereocenters. The quantitative estimate of drug-likeness (QED) is 0.424. The third-order valence-corrected chi connectivity index (χ3v) is 6.89. The number of carbonyl (C=O) groups is 2. The molecule has 7 nitrogen and oxygen atoms in total. The van der Waals surface area contributed by atoms with Gasteiger partial charge >= 0.3 is 0 Å². The number of carboxylic acids is 1. The van der Waals surface area contributed by atoms with Gasteiger partial charge in [0.2, 0.25) is 11.5 Å². The van der Waals surface area contributed by atoms with E-state index in [0.29, 0.717) is 5.56 Å². The molecular formula is C25H17ClF2NO6-. The number of ether oxygens (including phenoxy) is 2. The van der Waals surface area contributed by atoms with E-state index in [1.54, 1.807) is 30.3 Å². The molecule has 0 saturated heterocycles. The second kappa shape index (κ2) is 8.00. The summed E-state index contributed by atoms with van der Waals surface area (Å²) in [4.78, 5) is 30.2. The Hall–Kier alpha value is -3.56. The maximum absolute atomic E-state index is 13.8. The zero-order valence-electron chi connectivity index (χ0n) is 18.1. The molecule has 35 heavy (non-hydrogen) atoms. The van der Waals surface area contributed by atoms with Crippen molar-refractivity contribution in [1.82, 2.24) is 4.98 Å². The number of pyridine rings is 1. The number of methoxy groups -OCH3 is 1. The minimum absolute atomic E-state index is 0.0478. The molecule has 1 aliphatic carbocycles. The summed E-state index contributed by atoms with van der Waals surface area (Å²) < 4.78 is 38.1. The van der Waals surface area contributed by atoms with Gasteiger partial charge in [-0.3, -0.25) is 4.79 Å². The van der Waals surface area contributed by atoms with Crippen molar-refractivity contribution in [3.8, 4) is 11.6 Å². The summed E-state index contributed by atoms with van der Waals surface area (Å²) in [5.74, 6) is -6.26. The molecule has 10 heteroatoms. The minimum atomic E-state index is -2.77. The maximum atomic E-state index is 13.8. The lowest BCUT2D eigenvalue weighted by Gasteiger charge is -2.39. The number of fused-ring (bicyclic) bond motifs is 3. The molecule has 3 aromatic rings. The number of hydrogen-bond acceptors (Lipinski definition) is 7. The van der Waals surface area contributed by atoms with E-state index in [4.69, 9.17) is 21.1 Å². The van der Waals surface area contributed by atoms with Crippen molar-refractivity contribution in [1.29, 1.82) is 0 Å². The molecule has 2 heterocycles. The first-order valence-electron chi connectivity index (χ1n) is 10.5. The zero-order valence-corrected chi connectivity index (χ0v) is 18.8. The van der Waals surface area contributed by atoms with Gasteiger partial charge in [0.1, 0.15) is 10.9 Å². The molecule has 1 aliphatic heterocycles. The Kier molecular flexibility index (Phi) is 5.30. The largest absolute Gasteiger partial charge is 0.549 e. The second-order valence-corrected chi connectivity index (χ2v) is 8.73. The normalized spacial score (nSPS) is 26.9. The smallest absolute Gasteiger partial charge is 0.263 e. The number of ketones is 1. The Labute approximate surface area is 202 Å². The SMILES string of the molecule is COc1nc(Cl)cc2c1[C@]1(O)C(=O)[C@H](C(=O)[O-])[C@@H](c3ccccc3)[C@]1(c1ccc(C(F)F)cc1)O2. The van der Waals surface area contributed by atoms with E-state index >= 15 is 0 Å². The Bertz CT molecular complexity index is 1340.